The van der Waals surface area contributed by atoms with E-state index in [1.165, 1.54) is 12.1 Å². The Bertz CT molecular complexity index is 288. The van der Waals surface area contributed by atoms with Crippen molar-refractivity contribution < 1.29 is 9.13 Å². The normalized spacial score (nSPS) is 12.6. The fourth-order valence-electron chi connectivity index (χ4n) is 0.868. The Morgan fingerprint density at radius 1 is 1.54 bits per heavy atom. The molecule has 0 radical (unpaired) electrons. The van der Waals surface area contributed by atoms with Crippen LogP contribution >= 0.6 is 15.9 Å². The van der Waals surface area contributed by atoms with Crippen molar-refractivity contribution in [3.63, 3.8) is 0 Å². The van der Waals surface area contributed by atoms with E-state index in [1.807, 2.05) is 13.8 Å². The molecule has 1 aromatic carbocycles. The van der Waals surface area contributed by atoms with Gasteiger partial charge in [0.2, 0.25) is 0 Å². The summed E-state index contributed by atoms with van der Waals surface area (Å²) >= 11 is 3.30. The Hall–Kier alpha value is -0.570. The van der Waals surface area contributed by atoms with Crippen molar-refractivity contribution in [2.75, 3.05) is 0 Å². The monoisotopic (exact) mass is 246 g/mol. The Kier molecular flexibility index (Phi) is 3.72. The lowest BCUT2D eigenvalue weighted by molar-refractivity contribution is 0.215. The molecule has 0 spiro atoms. The first-order valence-corrected chi connectivity index (χ1v) is 5.04. The van der Waals surface area contributed by atoms with Gasteiger partial charge < -0.3 is 4.74 Å². The first-order chi connectivity index (χ1) is 6.13. The fraction of sp³-hybridized carbons (Fsp3) is 0.400. The quantitative estimate of drug-likeness (QED) is 0.790. The predicted molar refractivity (Wildman–Crippen MR) is 54.5 cm³/mol. The lowest BCUT2D eigenvalue weighted by atomic mass is 10.3. The highest BCUT2D eigenvalue weighted by atomic mass is 79.9. The average Bonchev–Trinajstić information content (AvgIpc) is 2.11. The smallest absolute Gasteiger partial charge is 0.136 e. The first kappa shape index (κ1) is 10.5. The minimum atomic E-state index is -0.276. The second-order valence-electron chi connectivity index (χ2n) is 2.91. The van der Waals surface area contributed by atoms with Crippen LogP contribution in [0.1, 0.15) is 20.3 Å². The molecule has 1 rings (SSSR count). The van der Waals surface area contributed by atoms with Gasteiger partial charge in [-0.3, -0.25) is 0 Å². The highest BCUT2D eigenvalue weighted by Crippen LogP contribution is 2.26. The molecule has 1 unspecified atom stereocenters. The van der Waals surface area contributed by atoms with Crippen LogP contribution in [-0.2, 0) is 0 Å². The van der Waals surface area contributed by atoms with Gasteiger partial charge in [0.05, 0.1) is 10.6 Å². The topological polar surface area (TPSA) is 9.23 Å². The number of hydrogen-bond donors (Lipinski definition) is 0. The molecule has 13 heavy (non-hydrogen) atoms. The summed E-state index contributed by atoms with van der Waals surface area (Å²) < 4.78 is 19.1. The molecule has 0 fully saturated rings. The summed E-state index contributed by atoms with van der Waals surface area (Å²) in [7, 11) is 0. The van der Waals surface area contributed by atoms with Crippen LogP contribution in [0, 0.1) is 5.82 Å². The molecule has 0 saturated carbocycles. The lowest BCUT2D eigenvalue weighted by Gasteiger charge is -2.13. The first-order valence-electron chi connectivity index (χ1n) is 4.25. The van der Waals surface area contributed by atoms with E-state index in [1.54, 1.807) is 6.07 Å². The highest BCUT2D eigenvalue weighted by Gasteiger charge is 2.06. The fourth-order valence-corrected chi connectivity index (χ4v) is 1.21. The number of hydrogen-bond acceptors (Lipinski definition) is 1. The summed E-state index contributed by atoms with van der Waals surface area (Å²) in [5.41, 5.74) is 0. The molecule has 0 N–H and O–H groups in total. The maximum Gasteiger partial charge on any atom is 0.136 e. The average molecular weight is 247 g/mol. The van der Waals surface area contributed by atoms with Gasteiger partial charge in [0.1, 0.15) is 11.6 Å². The molecule has 0 heterocycles. The van der Waals surface area contributed by atoms with Gasteiger partial charge in [0.15, 0.2) is 0 Å². The van der Waals surface area contributed by atoms with Gasteiger partial charge in [0.25, 0.3) is 0 Å². The van der Waals surface area contributed by atoms with Gasteiger partial charge in [-0.1, -0.05) is 6.92 Å². The summed E-state index contributed by atoms with van der Waals surface area (Å²) in [5, 5.41) is 0. The Balaban J connectivity index is 2.81. The van der Waals surface area contributed by atoms with Gasteiger partial charge in [-0.05, 0) is 41.4 Å². The summed E-state index contributed by atoms with van der Waals surface area (Å²) in [6, 6.07) is 4.43. The summed E-state index contributed by atoms with van der Waals surface area (Å²) in [6.07, 6.45) is 1.02. The summed E-state index contributed by atoms with van der Waals surface area (Å²) in [4.78, 5) is 0. The Morgan fingerprint density at radius 2 is 2.23 bits per heavy atom. The molecule has 0 aliphatic rings. The van der Waals surface area contributed by atoms with E-state index in [-0.39, 0.29) is 11.9 Å². The number of benzene rings is 1. The number of rotatable bonds is 3. The van der Waals surface area contributed by atoms with E-state index in [4.69, 9.17) is 4.74 Å². The van der Waals surface area contributed by atoms with Crippen LogP contribution in [-0.4, -0.2) is 6.10 Å². The molecule has 1 nitrogen and oxygen atoms in total. The van der Waals surface area contributed by atoms with E-state index in [9.17, 15) is 4.39 Å². The van der Waals surface area contributed by atoms with Gasteiger partial charge in [0, 0.05) is 6.07 Å². The van der Waals surface area contributed by atoms with E-state index in [2.05, 4.69) is 15.9 Å². The zero-order chi connectivity index (χ0) is 9.84. The third kappa shape index (κ3) is 2.99. The van der Waals surface area contributed by atoms with Gasteiger partial charge >= 0.3 is 0 Å². The van der Waals surface area contributed by atoms with Crippen molar-refractivity contribution in [1.82, 2.24) is 0 Å². The molecule has 0 bridgehead atoms. The van der Waals surface area contributed by atoms with Gasteiger partial charge in [-0.15, -0.1) is 0 Å². The molecular weight excluding hydrogens is 235 g/mol. The molecule has 3 heteroatoms. The predicted octanol–water partition coefficient (Wildman–Crippen LogP) is 3.77. The summed E-state index contributed by atoms with van der Waals surface area (Å²) in [6.45, 7) is 3.98. The van der Waals surface area contributed by atoms with Gasteiger partial charge in [-0.2, -0.15) is 0 Å². The minimum Gasteiger partial charge on any atom is -0.489 e. The van der Waals surface area contributed by atoms with Gasteiger partial charge in [-0.25, -0.2) is 4.39 Å². The third-order valence-electron chi connectivity index (χ3n) is 1.80. The van der Waals surface area contributed by atoms with Crippen LogP contribution in [0.4, 0.5) is 4.39 Å². The Labute approximate surface area is 86.0 Å². The molecule has 1 atom stereocenters. The standard InChI is InChI=1S/C10H12BrFO/c1-3-7(2)13-10-6-8(12)4-5-9(10)11/h4-7H,3H2,1-2H3. The highest BCUT2D eigenvalue weighted by molar-refractivity contribution is 9.10. The molecule has 0 aromatic heterocycles. The molecule has 0 amide bonds. The molecule has 1 aromatic rings. The van der Waals surface area contributed by atoms with Crippen molar-refractivity contribution in [1.29, 1.82) is 0 Å². The van der Waals surface area contributed by atoms with Crippen LogP contribution in [0.3, 0.4) is 0 Å². The lowest BCUT2D eigenvalue weighted by Crippen LogP contribution is -2.10. The van der Waals surface area contributed by atoms with E-state index < -0.39 is 0 Å². The SMILES string of the molecule is CCC(C)Oc1cc(F)ccc1Br. The van der Waals surface area contributed by atoms with Crippen LogP contribution in [0.25, 0.3) is 0 Å². The van der Waals surface area contributed by atoms with Crippen molar-refractivity contribution in [3.8, 4) is 5.75 Å². The maximum atomic E-state index is 12.8. The van der Waals surface area contributed by atoms with Crippen molar-refractivity contribution in [2.45, 2.75) is 26.4 Å². The van der Waals surface area contributed by atoms with Crippen molar-refractivity contribution in [2.24, 2.45) is 0 Å². The largest absolute Gasteiger partial charge is 0.489 e. The molecule has 72 valence electrons. The number of ether oxygens (including phenoxy) is 1. The Morgan fingerprint density at radius 3 is 2.85 bits per heavy atom. The van der Waals surface area contributed by atoms with Crippen molar-refractivity contribution >= 4 is 15.9 Å². The van der Waals surface area contributed by atoms with E-state index in [0.29, 0.717) is 5.75 Å². The zero-order valence-corrected chi connectivity index (χ0v) is 9.27. The van der Waals surface area contributed by atoms with E-state index >= 15 is 0 Å². The molecule has 0 aliphatic heterocycles. The minimum absolute atomic E-state index is 0.109. The second kappa shape index (κ2) is 4.61. The third-order valence-corrected chi connectivity index (χ3v) is 2.45. The summed E-state index contributed by atoms with van der Waals surface area (Å²) in [5.74, 6) is 0.288. The number of halogens is 2. The van der Waals surface area contributed by atoms with E-state index in [0.717, 1.165) is 10.9 Å². The molecule has 0 saturated heterocycles. The molecular formula is C10H12BrFO. The zero-order valence-electron chi connectivity index (χ0n) is 7.68. The maximum absolute atomic E-state index is 12.8. The molecule has 0 aliphatic carbocycles. The second-order valence-corrected chi connectivity index (χ2v) is 3.77. The van der Waals surface area contributed by atoms with Crippen molar-refractivity contribution in [3.05, 3.63) is 28.5 Å². The van der Waals surface area contributed by atoms with Crippen LogP contribution < -0.4 is 4.74 Å². The van der Waals surface area contributed by atoms with Crippen LogP contribution in [0.15, 0.2) is 22.7 Å². The van der Waals surface area contributed by atoms with Crippen LogP contribution in [0.5, 0.6) is 5.75 Å². The van der Waals surface area contributed by atoms with Crippen LogP contribution in [0.2, 0.25) is 0 Å².